The molecule has 0 aliphatic carbocycles. The quantitative estimate of drug-likeness (QED) is 0.565. The van der Waals surface area contributed by atoms with Crippen molar-refractivity contribution in [2.24, 2.45) is 0 Å². The highest BCUT2D eigenvalue weighted by atomic mass is 16.5. The highest BCUT2D eigenvalue weighted by Crippen LogP contribution is 2.15. The number of rotatable bonds is 8. The Bertz CT molecular complexity index is 941. The fourth-order valence-corrected chi connectivity index (χ4v) is 3.95. The lowest BCUT2D eigenvalue weighted by Gasteiger charge is -2.33. The first-order valence-electron chi connectivity index (χ1n) is 10.7. The zero-order valence-electron chi connectivity index (χ0n) is 17.3. The maximum atomic E-state index is 12.1. The van der Waals surface area contributed by atoms with E-state index in [0.29, 0.717) is 19.7 Å². The molecule has 1 saturated heterocycles. The van der Waals surface area contributed by atoms with E-state index in [-0.39, 0.29) is 12.1 Å². The van der Waals surface area contributed by atoms with Crippen LogP contribution in [0, 0.1) is 0 Å². The second-order valence-electron chi connectivity index (χ2n) is 7.77. The summed E-state index contributed by atoms with van der Waals surface area (Å²) in [6.07, 6.45) is 3.02. The monoisotopic (exact) mass is 406 g/mol. The number of nitrogens with zero attached hydrogens (tertiary/aromatic N) is 2. The molecule has 1 unspecified atom stereocenters. The van der Waals surface area contributed by atoms with Gasteiger partial charge in [-0.25, -0.2) is 4.79 Å². The Kier molecular flexibility index (Phi) is 7.00. The van der Waals surface area contributed by atoms with E-state index >= 15 is 0 Å². The summed E-state index contributed by atoms with van der Waals surface area (Å²) in [6.45, 7) is 5.42. The minimum atomic E-state index is -0.129. The lowest BCUT2D eigenvalue weighted by atomic mass is 10.2. The average molecular weight is 407 g/mol. The number of morpholine rings is 1. The molecular weight excluding hydrogens is 376 g/mol. The summed E-state index contributed by atoms with van der Waals surface area (Å²) >= 11 is 0. The zero-order valence-corrected chi connectivity index (χ0v) is 17.3. The van der Waals surface area contributed by atoms with Crippen molar-refractivity contribution in [2.75, 3.05) is 32.8 Å². The van der Waals surface area contributed by atoms with E-state index in [9.17, 15) is 4.79 Å². The van der Waals surface area contributed by atoms with E-state index in [0.717, 1.165) is 32.6 Å². The van der Waals surface area contributed by atoms with Gasteiger partial charge in [0.15, 0.2) is 0 Å². The SMILES string of the molecule is O=C(NCCCn1ccc2ccccc21)NCC1CN(Cc2ccccc2)CCO1. The molecular formula is C24H30N4O2. The predicted molar refractivity (Wildman–Crippen MR) is 119 cm³/mol. The summed E-state index contributed by atoms with van der Waals surface area (Å²) in [5.74, 6) is 0. The first-order valence-corrected chi connectivity index (χ1v) is 10.7. The molecule has 30 heavy (non-hydrogen) atoms. The number of carbonyl (C=O) groups is 1. The second-order valence-corrected chi connectivity index (χ2v) is 7.77. The van der Waals surface area contributed by atoms with Crippen LogP contribution in [0.4, 0.5) is 4.79 Å². The van der Waals surface area contributed by atoms with E-state index in [4.69, 9.17) is 4.74 Å². The van der Waals surface area contributed by atoms with Crippen LogP contribution in [-0.4, -0.2) is 54.4 Å². The average Bonchev–Trinajstić information content (AvgIpc) is 3.19. The van der Waals surface area contributed by atoms with Gasteiger partial charge >= 0.3 is 6.03 Å². The van der Waals surface area contributed by atoms with Crippen LogP contribution in [0.1, 0.15) is 12.0 Å². The number of fused-ring (bicyclic) bond motifs is 1. The minimum Gasteiger partial charge on any atom is -0.374 e. The number of ether oxygens (including phenoxy) is 1. The van der Waals surface area contributed by atoms with Crippen molar-refractivity contribution in [3.63, 3.8) is 0 Å². The third-order valence-corrected chi connectivity index (χ3v) is 5.50. The van der Waals surface area contributed by atoms with Crippen molar-refractivity contribution in [1.82, 2.24) is 20.1 Å². The van der Waals surface area contributed by atoms with Gasteiger partial charge in [-0.05, 0) is 29.5 Å². The van der Waals surface area contributed by atoms with Crippen molar-refractivity contribution < 1.29 is 9.53 Å². The molecule has 0 saturated carbocycles. The lowest BCUT2D eigenvalue weighted by Crippen LogP contribution is -2.48. The number of nitrogens with one attached hydrogen (secondary N) is 2. The van der Waals surface area contributed by atoms with Crippen LogP contribution >= 0.6 is 0 Å². The molecule has 1 atom stereocenters. The summed E-state index contributed by atoms with van der Waals surface area (Å²) < 4.78 is 8.05. The van der Waals surface area contributed by atoms with Gasteiger partial charge in [0, 0.05) is 51.0 Å². The third-order valence-electron chi connectivity index (χ3n) is 5.50. The normalized spacial score (nSPS) is 17.1. The van der Waals surface area contributed by atoms with Gasteiger partial charge in [-0.3, -0.25) is 4.90 Å². The van der Waals surface area contributed by atoms with Crippen molar-refractivity contribution >= 4 is 16.9 Å². The number of amides is 2. The van der Waals surface area contributed by atoms with E-state index < -0.39 is 0 Å². The first kappa shape index (κ1) is 20.4. The number of hydrogen-bond acceptors (Lipinski definition) is 3. The van der Waals surface area contributed by atoms with Gasteiger partial charge in [-0.2, -0.15) is 0 Å². The fourth-order valence-electron chi connectivity index (χ4n) is 3.95. The van der Waals surface area contributed by atoms with Crippen LogP contribution in [-0.2, 0) is 17.8 Å². The van der Waals surface area contributed by atoms with Crippen LogP contribution in [0.2, 0.25) is 0 Å². The lowest BCUT2D eigenvalue weighted by molar-refractivity contribution is -0.0287. The van der Waals surface area contributed by atoms with Gasteiger partial charge in [-0.1, -0.05) is 48.5 Å². The predicted octanol–water partition coefficient (Wildman–Crippen LogP) is 3.23. The number of aromatic nitrogens is 1. The van der Waals surface area contributed by atoms with Crippen molar-refractivity contribution in [3.8, 4) is 0 Å². The highest BCUT2D eigenvalue weighted by molar-refractivity contribution is 5.79. The van der Waals surface area contributed by atoms with Crippen molar-refractivity contribution in [2.45, 2.75) is 25.6 Å². The summed E-state index contributed by atoms with van der Waals surface area (Å²) in [7, 11) is 0. The molecule has 2 N–H and O–H groups in total. The van der Waals surface area contributed by atoms with Gasteiger partial charge in [0.25, 0.3) is 0 Å². The number of aryl methyl sites for hydroxylation is 1. The Balaban J connectivity index is 1.13. The Morgan fingerprint density at radius 3 is 2.77 bits per heavy atom. The van der Waals surface area contributed by atoms with Crippen LogP contribution in [0.5, 0.6) is 0 Å². The van der Waals surface area contributed by atoms with Gasteiger partial charge in [0.1, 0.15) is 0 Å². The minimum absolute atomic E-state index is 0.0273. The molecule has 1 aliphatic heterocycles. The molecule has 2 heterocycles. The molecule has 158 valence electrons. The standard InChI is InChI=1S/C24H30N4O2/c29-24(25-12-6-13-28-14-11-21-9-4-5-10-23(21)28)26-17-22-19-27(15-16-30-22)18-20-7-2-1-3-8-20/h1-5,7-11,14,22H,6,12-13,15-19H2,(H2,25,26,29). The summed E-state index contributed by atoms with van der Waals surface area (Å²) in [6, 6.07) is 20.8. The Morgan fingerprint density at radius 1 is 1.03 bits per heavy atom. The summed E-state index contributed by atoms with van der Waals surface area (Å²) in [4.78, 5) is 14.5. The van der Waals surface area contributed by atoms with E-state index in [1.807, 2.05) is 6.07 Å². The molecule has 3 aromatic rings. The number of urea groups is 1. The van der Waals surface area contributed by atoms with Gasteiger partial charge in [-0.15, -0.1) is 0 Å². The molecule has 1 fully saturated rings. The number of hydrogen-bond donors (Lipinski definition) is 2. The molecule has 4 rings (SSSR count). The van der Waals surface area contributed by atoms with Crippen LogP contribution in [0.3, 0.4) is 0 Å². The van der Waals surface area contributed by atoms with Crippen LogP contribution < -0.4 is 10.6 Å². The molecule has 0 bridgehead atoms. The Hall–Kier alpha value is -2.83. The molecule has 0 spiro atoms. The number of carbonyl (C=O) groups excluding carboxylic acids is 1. The topological polar surface area (TPSA) is 58.5 Å². The van der Waals surface area contributed by atoms with E-state index in [2.05, 4.69) is 80.9 Å². The van der Waals surface area contributed by atoms with Crippen molar-refractivity contribution in [3.05, 3.63) is 72.4 Å². The summed E-state index contributed by atoms with van der Waals surface area (Å²) in [5, 5.41) is 7.15. The molecule has 0 radical (unpaired) electrons. The molecule has 6 heteroatoms. The number of benzene rings is 2. The molecule has 1 aliphatic rings. The Labute approximate surface area is 177 Å². The largest absolute Gasteiger partial charge is 0.374 e. The maximum Gasteiger partial charge on any atom is 0.314 e. The first-order chi connectivity index (χ1) is 14.8. The molecule has 2 aromatic carbocycles. The molecule has 2 amide bonds. The number of para-hydroxylation sites is 1. The fraction of sp³-hybridized carbons (Fsp3) is 0.375. The summed E-state index contributed by atoms with van der Waals surface area (Å²) in [5.41, 5.74) is 2.54. The highest BCUT2D eigenvalue weighted by Gasteiger charge is 2.20. The van der Waals surface area contributed by atoms with Crippen LogP contribution in [0.25, 0.3) is 10.9 Å². The second kappa shape index (κ2) is 10.3. The van der Waals surface area contributed by atoms with Gasteiger partial charge in [0.2, 0.25) is 0 Å². The zero-order chi connectivity index (χ0) is 20.6. The van der Waals surface area contributed by atoms with E-state index in [1.165, 1.54) is 16.5 Å². The van der Waals surface area contributed by atoms with Crippen LogP contribution in [0.15, 0.2) is 66.9 Å². The molecule has 6 nitrogen and oxygen atoms in total. The van der Waals surface area contributed by atoms with E-state index in [1.54, 1.807) is 0 Å². The van der Waals surface area contributed by atoms with Gasteiger partial charge < -0.3 is 19.9 Å². The van der Waals surface area contributed by atoms with Crippen molar-refractivity contribution in [1.29, 1.82) is 0 Å². The third kappa shape index (κ3) is 5.62. The smallest absolute Gasteiger partial charge is 0.314 e. The van der Waals surface area contributed by atoms with Gasteiger partial charge in [0.05, 0.1) is 12.7 Å². The molecule has 1 aromatic heterocycles. The Morgan fingerprint density at radius 2 is 1.87 bits per heavy atom. The maximum absolute atomic E-state index is 12.1.